The molecule has 1 N–H and O–H groups in total. The molecule has 0 aliphatic heterocycles. The van der Waals surface area contributed by atoms with E-state index < -0.39 is 0 Å². The van der Waals surface area contributed by atoms with Crippen LogP contribution in [0.2, 0.25) is 5.02 Å². The second kappa shape index (κ2) is 6.18. The summed E-state index contributed by atoms with van der Waals surface area (Å²) in [6.07, 6.45) is 0. The monoisotopic (exact) mass is 371 g/mol. The summed E-state index contributed by atoms with van der Waals surface area (Å²) in [5.74, 6) is 0. The van der Waals surface area contributed by atoms with Crippen LogP contribution in [0.5, 0.6) is 0 Å². The van der Waals surface area contributed by atoms with Crippen molar-refractivity contribution in [2.75, 3.05) is 7.05 Å². The van der Waals surface area contributed by atoms with Crippen LogP contribution in [0.4, 0.5) is 0 Å². The van der Waals surface area contributed by atoms with Crippen molar-refractivity contribution in [2.45, 2.75) is 32.2 Å². The quantitative estimate of drug-likeness (QED) is 0.721. The van der Waals surface area contributed by atoms with Crippen LogP contribution in [-0.4, -0.2) is 7.05 Å². The van der Waals surface area contributed by atoms with Crippen LogP contribution in [0.15, 0.2) is 34.1 Å². The lowest BCUT2D eigenvalue weighted by molar-refractivity contribution is 0.568. The molecule has 0 bridgehead atoms. The summed E-state index contributed by atoms with van der Waals surface area (Å²) in [6, 6.07) is 10.8. The molecule has 0 radical (unpaired) electrons. The highest BCUT2D eigenvalue weighted by molar-refractivity contribution is 9.11. The minimum absolute atomic E-state index is 0.115. The molecule has 2 rings (SSSR count). The van der Waals surface area contributed by atoms with Crippen molar-refractivity contribution < 1.29 is 0 Å². The van der Waals surface area contributed by atoms with Gasteiger partial charge < -0.3 is 5.32 Å². The zero-order valence-electron chi connectivity index (χ0n) is 12.1. The molecule has 0 amide bonds. The first-order valence-electron chi connectivity index (χ1n) is 6.56. The fourth-order valence-electron chi connectivity index (χ4n) is 2.39. The molecule has 20 heavy (non-hydrogen) atoms. The summed E-state index contributed by atoms with van der Waals surface area (Å²) in [5, 5.41) is 4.20. The first-order valence-corrected chi connectivity index (χ1v) is 8.54. The lowest BCUT2D eigenvalue weighted by Crippen LogP contribution is -2.22. The van der Waals surface area contributed by atoms with Crippen molar-refractivity contribution in [2.24, 2.45) is 0 Å². The number of benzene rings is 1. The predicted octanol–water partition coefficient (Wildman–Crippen LogP) is 5.77. The molecule has 2 aromatic rings. The van der Waals surface area contributed by atoms with Crippen molar-refractivity contribution in [1.29, 1.82) is 0 Å². The van der Waals surface area contributed by atoms with E-state index >= 15 is 0 Å². The first kappa shape index (κ1) is 16.0. The highest BCUT2D eigenvalue weighted by atomic mass is 79.9. The molecule has 0 aliphatic carbocycles. The normalized spacial score (nSPS) is 13.5. The molecule has 108 valence electrons. The van der Waals surface area contributed by atoms with Gasteiger partial charge in [-0.25, -0.2) is 0 Å². The Balaban J connectivity index is 2.53. The van der Waals surface area contributed by atoms with E-state index in [-0.39, 0.29) is 11.5 Å². The van der Waals surface area contributed by atoms with E-state index in [9.17, 15) is 0 Å². The smallest absolute Gasteiger partial charge is 0.0888 e. The maximum absolute atomic E-state index is 6.18. The lowest BCUT2D eigenvalue weighted by atomic mass is 9.81. The molecule has 0 fully saturated rings. The van der Waals surface area contributed by atoms with Crippen LogP contribution < -0.4 is 5.32 Å². The highest BCUT2D eigenvalue weighted by Crippen LogP contribution is 2.39. The summed E-state index contributed by atoms with van der Waals surface area (Å²) in [6.45, 7) is 6.74. The zero-order chi connectivity index (χ0) is 14.9. The molecule has 0 saturated heterocycles. The largest absolute Gasteiger partial charge is 0.309 e. The molecule has 1 heterocycles. The third-order valence-electron chi connectivity index (χ3n) is 3.32. The van der Waals surface area contributed by atoms with Crippen molar-refractivity contribution in [3.8, 4) is 0 Å². The summed E-state index contributed by atoms with van der Waals surface area (Å²) < 4.78 is 0.989. The Kier molecular flexibility index (Phi) is 4.96. The van der Waals surface area contributed by atoms with Gasteiger partial charge in [0.15, 0.2) is 0 Å². The minimum atomic E-state index is 0.115. The average molecular weight is 373 g/mol. The van der Waals surface area contributed by atoms with Gasteiger partial charge in [-0.15, -0.1) is 11.3 Å². The van der Waals surface area contributed by atoms with E-state index in [0.29, 0.717) is 0 Å². The summed E-state index contributed by atoms with van der Waals surface area (Å²) in [7, 11) is 1.99. The Morgan fingerprint density at radius 3 is 2.40 bits per heavy atom. The molecule has 1 atom stereocenters. The molecule has 0 saturated carbocycles. The van der Waals surface area contributed by atoms with Gasteiger partial charge in [0.25, 0.3) is 0 Å². The average Bonchev–Trinajstić information content (AvgIpc) is 2.70. The topological polar surface area (TPSA) is 12.0 Å². The maximum Gasteiger partial charge on any atom is 0.0888 e. The van der Waals surface area contributed by atoms with Crippen LogP contribution in [0, 0.1) is 0 Å². The van der Waals surface area contributed by atoms with Crippen molar-refractivity contribution in [3.05, 3.63) is 55.1 Å². The van der Waals surface area contributed by atoms with E-state index in [1.807, 2.05) is 13.1 Å². The highest BCUT2D eigenvalue weighted by Gasteiger charge is 2.24. The summed E-state index contributed by atoms with van der Waals surface area (Å²) >= 11 is 11.4. The van der Waals surface area contributed by atoms with Gasteiger partial charge in [-0.05, 0) is 45.6 Å². The molecule has 0 spiro atoms. The second-order valence-electron chi connectivity index (χ2n) is 5.83. The molecular weight excluding hydrogens is 354 g/mol. The number of nitrogens with one attached hydrogen (secondary N) is 1. The van der Waals surface area contributed by atoms with Crippen molar-refractivity contribution in [3.63, 3.8) is 0 Å². The Hall–Kier alpha value is -0.350. The van der Waals surface area contributed by atoms with Gasteiger partial charge in [-0.2, -0.15) is 0 Å². The van der Waals surface area contributed by atoms with Crippen LogP contribution in [-0.2, 0) is 5.41 Å². The maximum atomic E-state index is 6.18. The Labute approximate surface area is 138 Å². The van der Waals surface area contributed by atoms with Gasteiger partial charge >= 0.3 is 0 Å². The van der Waals surface area contributed by atoms with Gasteiger partial charge in [0, 0.05) is 4.88 Å². The number of rotatable bonds is 3. The SMILES string of the molecule is CNC(c1cc(Cl)c(Br)s1)c1ccccc1C(C)(C)C. The molecule has 4 heteroatoms. The lowest BCUT2D eigenvalue weighted by Gasteiger charge is -2.27. The van der Waals surface area contributed by atoms with E-state index in [1.54, 1.807) is 11.3 Å². The summed E-state index contributed by atoms with van der Waals surface area (Å²) in [4.78, 5) is 1.22. The molecule has 1 aromatic carbocycles. The van der Waals surface area contributed by atoms with Crippen LogP contribution in [0.3, 0.4) is 0 Å². The minimum Gasteiger partial charge on any atom is -0.309 e. The van der Waals surface area contributed by atoms with Crippen LogP contribution in [0.25, 0.3) is 0 Å². The number of thiophene rings is 1. The molecule has 1 unspecified atom stereocenters. The van der Waals surface area contributed by atoms with E-state index in [4.69, 9.17) is 11.6 Å². The number of hydrogen-bond acceptors (Lipinski definition) is 2. The third-order valence-corrected chi connectivity index (χ3v) is 5.86. The Morgan fingerprint density at radius 1 is 1.25 bits per heavy atom. The van der Waals surface area contributed by atoms with E-state index in [2.05, 4.69) is 66.3 Å². The Morgan fingerprint density at radius 2 is 1.90 bits per heavy atom. The third kappa shape index (κ3) is 3.28. The standard InChI is InChI=1S/C16H19BrClNS/c1-16(2,3)11-8-6-5-7-10(11)14(19-4)13-9-12(18)15(17)20-13/h5-9,14,19H,1-4H3. The molecule has 1 nitrogen and oxygen atoms in total. The van der Waals surface area contributed by atoms with Crippen LogP contribution >= 0.6 is 38.9 Å². The molecular formula is C16H19BrClNS. The Bertz CT molecular complexity index is 581. The fourth-order valence-corrected chi connectivity index (χ4v) is 4.26. The zero-order valence-corrected chi connectivity index (χ0v) is 15.3. The van der Waals surface area contributed by atoms with Crippen molar-refractivity contribution in [1.82, 2.24) is 5.32 Å². The first-order chi connectivity index (χ1) is 9.34. The predicted molar refractivity (Wildman–Crippen MR) is 93.1 cm³/mol. The van der Waals surface area contributed by atoms with Gasteiger partial charge in [0.1, 0.15) is 0 Å². The van der Waals surface area contributed by atoms with Gasteiger partial charge in [-0.3, -0.25) is 0 Å². The van der Waals surface area contributed by atoms with Gasteiger partial charge in [-0.1, -0.05) is 56.6 Å². The van der Waals surface area contributed by atoms with Gasteiger partial charge in [0.2, 0.25) is 0 Å². The molecule has 0 aliphatic rings. The van der Waals surface area contributed by atoms with Crippen molar-refractivity contribution >= 4 is 38.9 Å². The second-order valence-corrected chi connectivity index (χ2v) is 8.64. The van der Waals surface area contributed by atoms with Gasteiger partial charge in [0.05, 0.1) is 14.9 Å². The molecule has 1 aromatic heterocycles. The summed E-state index contributed by atoms with van der Waals surface area (Å²) in [5.41, 5.74) is 2.79. The number of halogens is 2. The van der Waals surface area contributed by atoms with Crippen LogP contribution in [0.1, 0.15) is 42.8 Å². The van der Waals surface area contributed by atoms with E-state index in [0.717, 1.165) is 8.81 Å². The fraction of sp³-hybridized carbons (Fsp3) is 0.375. The number of hydrogen-bond donors (Lipinski definition) is 1. The van der Waals surface area contributed by atoms with E-state index in [1.165, 1.54) is 16.0 Å².